The maximum Gasteiger partial charge on any atom is 0.265 e. The molecule has 2 aromatic rings. The zero-order valence-corrected chi connectivity index (χ0v) is 12.0. The van der Waals surface area contributed by atoms with E-state index in [-0.39, 0.29) is 11.1 Å². The molecule has 118 valence electrons. The van der Waals surface area contributed by atoms with Gasteiger partial charge in [-0.25, -0.2) is 17.6 Å². The van der Waals surface area contributed by atoms with Gasteiger partial charge in [-0.05, 0) is 35.4 Å². The first-order valence-electron chi connectivity index (χ1n) is 5.94. The lowest BCUT2D eigenvalue weighted by molar-refractivity contribution is 0.254. The van der Waals surface area contributed by atoms with Gasteiger partial charge >= 0.3 is 0 Å². The Morgan fingerprint density at radius 2 is 1.09 bits per heavy atom. The second kappa shape index (κ2) is 6.05. The molecule has 2 aromatic carbocycles. The molecule has 2 rings (SSSR count). The smallest absolute Gasteiger partial charge is 0.257 e. The minimum Gasteiger partial charge on any atom is -0.257 e. The Bertz CT molecular complexity index is 714. The van der Waals surface area contributed by atoms with E-state index in [1.165, 1.54) is 0 Å². The second-order valence-corrected chi connectivity index (χ2v) is 6.19. The van der Waals surface area contributed by atoms with E-state index in [1.54, 1.807) is 0 Å². The molecule has 0 unspecified atom stereocenters. The maximum absolute atomic E-state index is 13.3. The SMILES string of the molecule is CS(=O)(=O)OC(c1cc(F)cc(F)c1)c1cc(F)cc(F)c1. The van der Waals surface area contributed by atoms with E-state index in [0.29, 0.717) is 18.4 Å². The van der Waals surface area contributed by atoms with Crippen molar-refractivity contribution < 1.29 is 30.2 Å². The third kappa shape index (κ3) is 4.28. The van der Waals surface area contributed by atoms with Crippen LogP contribution in [0.1, 0.15) is 17.2 Å². The Kier molecular flexibility index (Phi) is 4.52. The molecule has 0 aromatic heterocycles. The van der Waals surface area contributed by atoms with Crippen molar-refractivity contribution in [1.82, 2.24) is 0 Å². The summed E-state index contributed by atoms with van der Waals surface area (Å²) in [6.45, 7) is 0. The molecule has 0 bridgehead atoms. The van der Waals surface area contributed by atoms with Crippen molar-refractivity contribution in [3.63, 3.8) is 0 Å². The fourth-order valence-corrected chi connectivity index (χ4v) is 2.50. The number of hydrogen-bond donors (Lipinski definition) is 0. The Hall–Kier alpha value is -1.93. The van der Waals surface area contributed by atoms with Crippen molar-refractivity contribution in [2.24, 2.45) is 0 Å². The molecule has 0 amide bonds. The molecule has 0 spiro atoms. The molecule has 0 saturated carbocycles. The van der Waals surface area contributed by atoms with Crippen LogP contribution in [-0.2, 0) is 14.3 Å². The van der Waals surface area contributed by atoms with E-state index in [4.69, 9.17) is 4.18 Å². The lowest BCUT2D eigenvalue weighted by Crippen LogP contribution is -2.13. The van der Waals surface area contributed by atoms with Gasteiger partial charge in [-0.15, -0.1) is 0 Å². The first kappa shape index (κ1) is 16.4. The van der Waals surface area contributed by atoms with Crippen LogP contribution >= 0.6 is 0 Å². The predicted molar refractivity (Wildman–Crippen MR) is 70.5 cm³/mol. The van der Waals surface area contributed by atoms with E-state index < -0.39 is 39.5 Å². The molecule has 3 nitrogen and oxygen atoms in total. The Morgan fingerprint density at radius 1 is 0.773 bits per heavy atom. The molecular weight excluding hydrogens is 324 g/mol. The van der Waals surface area contributed by atoms with E-state index >= 15 is 0 Å². The van der Waals surface area contributed by atoms with Crippen LogP contribution < -0.4 is 0 Å². The zero-order valence-electron chi connectivity index (χ0n) is 11.2. The quantitative estimate of drug-likeness (QED) is 0.636. The Balaban J connectivity index is 2.60. The van der Waals surface area contributed by atoms with Crippen molar-refractivity contribution in [1.29, 1.82) is 0 Å². The monoisotopic (exact) mass is 334 g/mol. The van der Waals surface area contributed by atoms with Crippen LogP contribution in [0.4, 0.5) is 17.6 Å². The lowest BCUT2D eigenvalue weighted by Gasteiger charge is -2.17. The van der Waals surface area contributed by atoms with Crippen LogP contribution in [0.25, 0.3) is 0 Å². The van der Waals surface area contributed by atoms with Gasteiger partial charge in [0.25, 0.3) is 10.1 Å². The molecule has 0 aliphatic rings. The Morgan fingerprint density at radius 3 is 1.36 bits per heavy atom. The first-order chi connectivity index (χ1) is 10.1. The molecule has 0 N–H and O–H groups in total. The minimum atomic E-state index is -4.06. The molecule has 0 saturated heterocycles. The topological polar surface area (TPSA) is 43.4 Å². The summed E-state index contributed by atoms with van der Waals surface area (Å²) in [7, 11) is -4.06. The summed E-state index contributed by atoms with van der Waals surface area (Å²) in [5, 5.41) is 0. The molecule has 0 radical (unpaired) electrons. The maximum atomic E-state index is 13.3. The van der Waals surface area contributed by atoms with Gasteiger partial charge in [-0.1, -0.05) is 0 Å². The third-order valence-corrected chi connectivity index (χ3v) is 3.19. The van der Waals surface area contributed by atoms with Gasteiger partial charge in [0, 0.05) is 12.1 Å². The van der Waals surface area contributed by atoms with Gasteiger partial charge in [0.1, 0.15) is 29.4 Å². The molecule has 0 aliphatic heterocycles. The van der Waals surface area contributed by atoms with Crippen molar-refractivity contribution in [2.45, 2.75) is 6.10 Å². The summed E-state index contributed by atoms with van der Waals surface area (Å²) in [6, 6.07) is 4.44. The summed E-state index contributed by atoms with van der Waals surface area (Å²) < 4.78 is 80.6. The van der Waals surface area contributed by atoms with E-state index in [0.717, 1.165) is 24.3 Å². The van der Waals surface area contributed by atoms with Crippen molar-refractivity contribution >= 4 is 10.1 Å². The van der Waals surface area contributed by atoms with Gasteiger partial charge in [-0.3, -0.25) is 4.18 Å². The number of halogens is 4. The molecule has 0 fully saturated rings. The van der Waals surface area contributed by atoms with Crippen molar-refractivity contribution in [3.05, 3.63) is 70.8 Å². The normalized spacial score (nSPS) is 11.9. The molecule has 8 heteroatoms. The predicted octanol–water partition coefficient (Wildman–Crippen LogP) is 3.31. The van der Waals surface area contributed by atoms with Crippen LogP contribution in [0.3, 0.4) is 0 Å². The third-order valence-electron chi connectivity index (χ3n) is 2.65. The van der Waals surface area contributed by atoms with Crippen LogP contribution in [0, 0.1) is 23.3 Å². The second-order valence-electron chi connectivity index (χ2n) is 4.59. The average molecular weight is 334 g/mol. The van der Waals surface area contributed by atoms with E-state index in [2.05, 4.69) is 0 Å². The van der Waals surface area contributed by atoms with Gasteiger partial charge < -0.3 is 0 Å². The minimum absolute atomic E-state index is 0.229. The highest BCUT2D eigenvalue weighted by Gasteiger charge is 2.23. The fourth-order valence-electron chi connectivity index (χ4n) is 1.93. The van der Waals surface area contributed by atoms with Crippen molar-refractivity contribution in [2.75, 3.05) is 6.26 Å². The van der Waals surface area contributed by atoms with Gasteiger partial charge in [0.15, 0.2) is 0 Å². The van der Waals surface area contributed by atoms with Crippen molar-refractivity contribution in [3.8, 4) is 0 Å². The van der Waals surface area contributed by atoms with Gasteiger partial charge in [-0.2, -0.15) is 8.42 Å². The summed E-state index contributed by atoms with van der Waals surface area (Å²) in [5.41, 5.74) is -0.458. The number of rotatable bonds is 4. The molecular formula is C14H10F4O3S. The van der Waals surface area contributed by atoms with Gasteiger partial charge in [0.2, 0.25) is 0 Å². The standard InChI is InChI=1S/C14H10F4O3S/c1-22(19,20)21-14(8-2-10(15)6-11(16)3-8)9-4-12(17)7-13(18)5-9/h2-7,14H,1H3. The van der Waals surface area contributed by atoms with Crippen LogP contribution in [0.15, 0.2) is 36.4 Å². The highest BCUT2D eigenvalue weighted by molar-refractivity contribution is 7.86. The van der Waals surface area contributed by atoms with Crippen LogP contribution in [-0.4, -0.2) is 14.7 Å². The zero-order chi connectivity index (χ0) is 16.5. The van der Waals surface area contributed by atoms with E-state index in [9.17, 15) is 26.0 Å². The number of hydrogen-bond acceptors (Lipinski definition) is 3. The van der Waals surface area contributed by atoms with Gasteiger partial charge in [0.05, 0.1) is 6.26 Å². The summed E-state index contributed by atoms with van der Waals surface area (Å²) in [5.74, 6) is -3.91. The summed E-state index contributed by atoms with van der Waals surface area (Å²) >= 11 is 0. The average Bonchev–Trinajstić information content (AvgIpc) is 2.32. The first-order valence-corrected chi connectivity index (χ1v) is 7.76. The highest BCUT2D eigenvalue weighted by atomic mass is 32.2. The summed E-state index contributed by atoms with van der Waals surface area (Å²) in [4.78, 5) is 0. The Labute approximate surface area is 124 Å². The largest absolute Gasteiger partial charge is 0.265 e. The molecule has 0 atom stereocenters. The number of benzene rings is 2. The highest BCUT2D eigenvalue weighted by Crippen LogP contribution is 2.29. The lowest BCUT2D eigenvalue weighted by atomic mass is 10.0. The van der Waals surface area contributed by atoms with Crippen LogP contribution in [0.5, 0.6) is 0 Å². The summed E-state index contributed by atoms with van der Waals surface area (Å²) in [6.07, 6.45) is -0.865. The fraction of sp³-hybridized carbons (Fsp3) is 0.143. The van der Waals surface area contributed by atoms with E-state index in [1.807, 2.05) is 0 Å². The molecule has 22 heavy (non-hydrogen) atoms. The molecule has 0 aliphatic carbocycles. The van der Waals surface area contributed by atoms with Crippen LogP contribution in [0.2, 0.25) is 0 Å². The molecule has 0 heterocycles.